The van der Waals surface area contributed by atoms with Crippen LogP contribution in [0.5, 0.6) is 0 Å². The summed E-state index contributed by atoms with van der Waals surface area (Å²) in [7, 11) is 0. The zero-order valence-electron chi connectivity index (χ0n) is 17.3. The summed E-state index contributed by atoms with van der Waals surface area (Å²) in [4.78, 5) is 21.2. The molecule has 0 radical (unpaired) electrons. The van der Waals surface area contributed by atoms with Crippen LogP contribution >= 0.6 is 0 Å². The maximum Gasteiger partial charge on any atom is 0.289 e. The maximum atomic E-state index is 14.2. The monoisotopic (exact) mass is 400 g/mol. The van der Waals surface area contributed by atoms with E-state index < -0.39 is 5.41 Å². The summed E-state index contributed by atoms with van der Waals surface area (Å²) in [5.41, 5.74) is 0.233. The second-order valence-electron chi connectivity index (χ2n) is 7.79. The molecule has 0 saturated carbocycles. The number of guanidine groups is 1. The number of rotatable bonds is 5. The second kappa shape index (κ2) is 9.11. The number of benzene rings is 1. The minimum absolute atomic E-state index is 0.0859. The van der Waals surface area contributed by atoms with Gasteiger partial charge in [0.25, 0.3) is 5.91 Å². The number of carbonyl (C=O) groups excluding carboxylic acids is 1. The normalized spacial score (nSPS) is 15.5. The van der Waals surface area contributed by atoms with E-state index in [1.54, 1.807) is 23.1 Å². The molecular weight excluding hydrogens is 371 g/mol. The highest BCUT2D eigenvalue weighted by Gasteiger charge is 2.27. The van der Waals surface area contributed by atoms with Gasteiger partial charge in [0.15, 0.2) is 11.7 Å². The molecule has 2 aromatic rings. The highest BCUT2D eigenvalue weighted by atomic mass is 19.1. The second-order valence-corrected chi connectivity index (χ2v) is 7.79. The number of nitrogens with zero attached hydrogens (tertiary/aromatic N) is 3. The molecule has 156 valence electrons. The van der Waals surface area contributed by atoms with Gasteiger partial charge in [-0.15, -0.1) is 0 Å². The fraction of sp³-hybridized carbons (Fsp3) is 0.455. The SMILES string of the molecule is CCNC(=NCC(C)(C)c1ccccc1F)N1CCN(C(=O)c2ccco2)CC1. The summed E-state index contributed by atoms with van der Waals surface area (Å²) < 4.78 is 19.4. The molecule has 1 fully saturated rings. The standard InChI is InChI=1S/C22H29FN4O2/c1-4-24-21(25-16-22(2,3)17-8-5-6-9-18(17)23)27-13-11-26(12-14-27)20(28)19-10-7-15-29-19/h5-10,15H,4,11-14,16H2,1-3H3,(H,24,25). The summed E-state index contributed by atoms with van der Waals surface area (Å²) >= 11 is 0. The fourth-order valence-corrected chi connectivity index (χ4v) is 3.47. The van der Waals surface area contributed by atoms with E-state index in [4.69, 9.17) is 9.41 Å². The van der Waals surface area contributed by atoms with Crippen molar-refractivity contribution in [3.8, 4) is 0 Å². The Labute approximate surface area is 171 Å². The van der Waals surface area contributed by atoms with E-state index in [0.717, 1.165) is 12.5 Å². The number of amides is 1. The van der Waals surface area contributed by atoms with Gasteiger partial charge in [0.1, 0.15) is 5.82 Å². The van der Waals surface area contributed by atoms with Gasteiger partial charge in [0, 0.05) is 38.1 Å². The number of piperazine rings is 1. The highest BCUT2D eigenvalue weighted by Crippen LogP contribution is 2.26. The minimum atomic E-state index is -0.427. The Morgan fingerprint density at radius 1 is 1.14 bits per heavy atom. The molecule has 1 saturated heterocycles. The maximum absolute atomic E-state index is 14.2. The Balaban J connectivity index is 1.65. The van der Waals surface area contributed by atoms with Gasteiger partial charge in [-0.25, -0.2) is 4.39 Å². The average Bonchev–Trinajstić information content (AvgIpc) is 3.26. The number of hydrogen-bond donors (Lipinski definition) is 1. The number of halogens is 1. The first-order valence-corrected chi connectivity index (χ1v) is 10.0. The molecule has 3 rings (SSSR count). The van der Waals surface area contributed by atoms with Crippen LogP contribution in [0.4, 0.5) is 4.39 Å². The third-order valence-corrected chi connectivity index (χ3v) is 5.16. The molecule has 1 N–H and O–H groups in total. The van der Waals surface area contributed by atoms with Crippen LogP contribution < -0.4 is 5.32 Å². The lowest BCUT2D eigenvalue weighted by atomic mass is 9.84. The number of aliphatic imine (C=N–C) groups is 1. The zero-order chi connectivity index (χ0) is 20.9. The van der Waals surface area contributed by atoms with E-state index in [-0.39, 0.29) is 11.7 Å². The van der Waals surface area contributed by atoms with Crippen molar-refractivity contribution in [1.29, 1.82) is 0 Å². The Bertz CT molecular complexity index is 840. The molecule has 1 aromatic heterocycles. The third kappa shape index (κ3) is 4.96. The van der Waals surface area contributed by atoms with E-state index in [1.807, 2.05) is 32.9 Å². The summed E-state index contributed by atoms with van der Waals surface area (Å²) in [6, 6.07) is 10.3. The molecule has 1 amide bonds. The lowest BCUT2D eigenvalue weighted by molar-refractivity contribution is 0.0657. The van der Waals surface area contributed by atoms with Crippen LogP contribution in [0, 0.1) is 5.82 Å². The Hall–Kier alpha value is -2.83. The molecule has 0 unspecified atom stereocenters. The summed E-state index contributed by atoms with van der Waals surface area (Å²) in [6.07, 6.45) is 1.51. The van der Waals surface area contributed by atoms with Crippen molar-refractivity contribution in [3.05, 3.63) is 59.8 Å². The molecule has 6 nitrogen and oxygen atoms in total. The molecule has 0 bridgehead atoms. The molecule has 0 atom stereocenters. The predicted octanol–water partition coefficient (Wildman–Crippen LogP) is 3.12. The predicted molar refractivity (Wildman–Crippen MR) is 112 cm³/mol. The van der Waals surface area contributed by atoms with Gasteiger partial charge < -0.3 is 19.5 Å². The van der Waals surface area contributed by atoms with Gasteiger partial charge in [-0.05, 0) is 30.7 Å². The summed E-state index contributed by atoms with van der Waals surface area (Å²) in [5, 5.41) is 3.32. The first-order chi connectivity index (χ1) is 13.9. The van der Waals surface area contributed by atoms with Crippen LogP contribution in [0.3, 0.4) is 0 Å². The Kier molecular flexibility index (Phi) is 6.56. The van der Waals surface area contributed by atoms with Crippen molar-refractivity contribution in [3.63, 3.8) is 0 Å². The van der Waals surface area contributed by atoms with Gasteiger partial charge in [0.2, 0.25) is 0 Å². The number of carbonyl (C=O) groups is 1. The summed E-state index contributed by atoms with van der Waals surface area (Å²) in [6.45, 7) is 9.77. The van der Waals surface area contributed by atoms with Gasteiger partial charge in [-0.1, -0.05) is 32.0 Å². The van der Waals surface area contributed by atoms with Crippen LogP contribution in [-0.4, -0.2) is 60.9 Å². The van der Waals surface area contributed by atoms with Crippen LogP contribution in [0.25, 0.3) is 0 Å². The van der Waals surface area contributed by atoms with Crippen molar-refractivity contribution < 1.29 is 13.6 Å². The number of hydrogen-bond acceptors (Lipinski definition) is 3. The Morgan fingerprint density at radius 3 is 2.45 bits per heavy atom. The van der Waals surface area contributed by atoms with Gasteiger partial charge in [-0.2, -0.15) is 0 Å². The molecule has 7 heteroatoms. The van der Waals surface area contributed by atoms with E-state index in [1.165, 1.54) is 12.3 Å². The van der Waals surface area contributed by atoms with Crippen molar-refractivity contribution in [2.75, 3.05) is 39.3 Å². The van der Waals surface area contributed by atoms with Crippen LogP contribution in [0.1, 0.15) is 36.9 Å². The largest absolute Gasteiger partial charge is 0.459 e. The average molecular weight is 400 g/mol. The molecule has 29 heavy (non-hydrogen) atoms. The molecule has 1 aromatic carbocycles. The van der Waals surface area contributed by atoms with Crippen molar-refractivity contribution in [2.24, 2.45) is 4.99 Å². The number of nitrogens with one attached hydrogen (secondary N) is 1. The highest BCUT2D eigenvalue weighted by molar-refractivity contribution is 5.91. The van der Waals surface area contributed by atoms with E-state index in [9.17, 15) is 9.18 Å². The lowest BCUT2D eigenvalue weighted by Gasteiger charge is -2.36. The quantitative estimate of drug-likeness (QED) is 0.619. The molecule has 1 aliphatic heterocycles. The molecule has 0 aliphatic carbocycles. The fourth-order valence-electron chi connectivity index (χ4n) is 3.47. The minimum Gasteiger partial charge on any atom is -0.459 e. The van der Waals surface area contributed by atoms with Gasteiger partial charge in [-0.3, -0.25) is 9.79 Å². The molecular formula is C22H29FN4O2. The van der Waals surface area contributed by atoms with Crippen LogP contribution in [0.2, 0.25) is 0 Å². The topological polar surface area (TPSA) is 61.1 Å². The smallest absolute Gasteiger partial charge is 0.289 e. The molecule has 2 heterocycles. The van der Waals surface area contributed by atoms with E-state index in [2.05, 4.69) is 10.2 Å². The van der Waals surface area contributed by atoms with Gasteiger partial charge in [0.05, 0.1) is 12.8 Å². The first-order valence-electron chi connectivity index (χ1n) is 10.0. The molecule has 1 aliphatic rings. The Morgan fingerprint density at radius 2 is 1.83 bits per heavy atom. The van der Waals surface area contributed by atoms with Crippen LogP contribution in [-0.2, 0) is 5.41 Å². The van der Waals surface area contributed by atoms with E-state index >= 15 is 0 Å². The van der Waals surface area contributed by atoms with Crippen molar-refractivity contribution in [1.82, 2.24) is 15.1 Å². The van der Waals surface area contributed by atoms with Gasteiger partial charge >= 0.3 is 0 Å². The molecule has 0 spiro atoms. The third-order valence-electron chi connectivity index (χ3n) is 5.16. The lowest BCUT2D eigenvalue weighted by Crippen LogP contribution is -2.54. The summed E-state index contributed by atoms with van der Waals surface area (Å²) in [5.74, 6) is 0.868. The van der Waals surface area contributed by atoms with E-state index in [0.29, 0.717) is 44.0 Å². The van der Waals surface area contributed by atoms with Crippen LogP contribution in [0.15, 0.2) is 52.1 Å². The van der Waals surface area contributed by atoms with Crippen molar-refractivity contribution >= 4 is 11.9 Å². The first kappa shape index (κ1) is 20.9. The zero-order valence-corrected chi connectivity index (χ0v) is 17.3. The number of furan rings is 1. The van der Waals surface area contributed by atoms with Crippen molar-refractivity contribution in [2.45, 2.75) is 26.2 Å².